The van der Waals surface area contributed by atoms with Gasteiger partial charge >= 0.3 is 0 Å². The number of thioether (sulfide) groups is 1. The van der Waals surface area contributed by atoms with Gasteiger partial charge < -0.3 is 9.80 Å². The Morgan fingerprint density at radius 1 is 1.53 bits per heavy atom. The van der Waals surface area contributed by atoms with Crippen LogP contribution in [0.5, 0.6) is 0 Å². The molecule has 0 bridgehead atoms. The second kappa shape index (κ2) is 6.94. The van der Waals surface area contributed by atoms with Crippen LogP contribution in [0.4, 0.5) is 5.69 Å². The predicted molar refractivity (Wildman–Crippen MR) is 80.9 cm³/mol. The Hall–Kier alpha value is -1.82. The molecule has 1 amide bonds. The molecule has 5 nitrogen and oxygen atoms in total. The minimum absolute atomic E-state index is 0.132. The zero-order valence-electron chi connectivity index (χ0n) is 11.4. The molecule has 19 heavy (non-hydrogen) atoms. The van der Waals surface area contributed by atoms with E-state index in [1.807, 2.05) is 25.1 Å². The molecule has 0 aliphatic carbocycles. The highest BCUT2D eigenvalue weighted by atomic mass is 32.2. The van der Waals surface area contributed by atoms with Crippen molar-refractivity contribution in [3.8, 4) is 0 Å². The van der Waals surface area contributed by atoms with E-state index in [0.717, 1.165) is 22.6 Å². The lowest BCUT2D eigenvalue weighted by atomic mass is 10.2. The lowest BCUT2D eigenvalue weighted by molar-refractivity contribution is -0.123. The average Bonchev–Trinajstić information content (AvgIpc) is 2.42. The van der Waals surface area contributed by atoms with Crippen LogP contribution in [0.2, 0.25) is 0 Å². The standard InChI is InChI=1S/C13H18N4OS/c1-5-10-11(16(2)3)6-7-15-13(10)19-8-12(18)17(4)9-14/h5-7,9,14H,1,8H2,2-4H3. The second-order valence-electron chi connectivity index (χ2n) is 4.07. The number of hydrogen-bond acceptors (Lipinski definition) is 5. The number of pyridine rings is 1. The molecule has 0 radical (unpaired) electrons. The van der Waals surface area contributed by atoms with Crippen LogP contribution in [0.1, 0.15) is 5.56 Å². The summed E-state index contributed by atoms with van der Waals surface area (Å²) in [5.41, 5.74) is 1.93. The molecule has 0 saturated heterocycles. The molecule has 6 heteroatoms. The van der Waals surface area contributed by atoms with Crippen molar-refractivity contribution in [2.45, 2.75) is 5.03 Å². The van der Waals surface area contributed by atoms with E-state index in [4.69, 9.17) is 5.41 Å². The van der Waals surface area contributed by atoms with Crippen LogP contribution in [-0.2, 0) is 4.79 Å². The van der Waals surface area contributed by atoms with E-state index in [9.17, 15) is 4.79 Å². The quantitative estimate of drug-likeness (QED) is 0.491. The lowest BCUT2D eigenvalue weighted by Crippen LogP contribution is -2.26. The van der Waals surface area contributed by atoms with Crippen molar-refractivity contribution in [1.82, 2.24) is 9.88 Å². The van der Waals surface area contributed by atoms with Gasteiger partial charge in [0.15, 0.2) is 0 Å². The third kappa shape index (κ3) is 3.82. The van der Waals surface area contributed by atoms with Crippen LogP contribution in [0.15, 0.2) is 23.9 Å². The summed E-state index contributed by atoms with van der Waals surface area (Å²) in [6.45, 7) is 3.80. The Bertz CT molecular complexity index is 488. The fourth-order valence-electron chi connectivity index (χ4n) is 1.45. The van der Waals surface area contributed by atoms with Gasteiger partial charge in [-0.15, -0.1) is 0 Å². The van der Waals surface area contributed by atoms with E-state index in [2.05, 4.69) is 11.6 Å². The Balaban J connectivity index is 2.90. The molecular formula is C13H18N4OS. The largest absolute Gasteiger partial charge is 0.377 e. The molecule has 0 saturated carbocycles. The highest BCUT2D eigenvalue weighted by molar-refractivity contribution is 8.00. The summed E-state index contributed by atoms with van der Waals surface area (Å²) in [6.07, 6.45) is 4.46. The maximum atomic E-state index is 11.7. The average molecular weight is 278 g/mol. The molecule has 0 unspecified atom stereocenters. The van der Waals surface area contributed by atoms with Gasteiger partial charge in [0.2, 0.25) is 5.91 Å². The van der Waals surface area contributed by atoms with Crippen LogP contribution in [-0.4, -0.2) is 49.0 Å². The third-order valence-electron chi connectivity index (χ3n) is 2.54. The van der Waals surface area contributed by atoms with Crippen molar-refractivity contribution in [1.29, 1.82) is 5.41 Å². The number of amides is 1. The maximum absolute atomic E-state index is 11.7. The Morgan fingerprint density at radius 2 is 2.21 bits per heavy atom. The summed E-state index contributed by atoms with van der Waals surface area (Å²) in [5, 5.41) is 7.79. The summed E-state index contributed by atoms with van der Waals surface area (Å²) in [4.78, 5) is 19.2. The van der Waals surface area contributed by atoms with Crippen LogP contribution < -0.4 is 4.90 Å². The molecule has 0 atom stereocenters. The Morgan fingerprint density at radius 3 is 2.74 bits per heavy atom. The molecule has 1 aromatic heterocycles. The van der Waals surface area contributed by atoms with E-state index in [0.29, 0.717) is 0 Å². The van der Waals surface area contributed by atoms with Gasteiger partial charge in [-0.25, -0.2) is 4.98 Å². The fraction of sp³-hybridized carbons (Fsp3) is 0.308. The number of hydrogen-bond donors (Lipinski definition) is 1. The van der Waals surface area contributed by atoms with Crippen molar-refractivity contribution < 1.29 is 4.79 Å². The number of carbonyl (C=O) groups excluding carboxylic acids is 1. The minimum atomic E-state index is -0.132. The molecule has 0 aliphatic heterocycles. The Kier molecular flexibility index (Phi) is 5.57. The first-order valence-electron chi connectivity index (χ1n) is 5.69. The monoisotopic (exact) mass is 278 g/mol. The first-order valence-corrected chi connectivity index (χ1v) is 6.67. The third-order valence-corrected chi connectivity index (χ3v) is 3.53. The molecule has 1 aromatic rings. The van der Waals surface area contributed by atoms with Gasteiger partial charge in [-0.05, 0) is 6.07 Å². The number of carbonyl (C=O) groups is 1. The summed E-state index contributed by atoms with van der Waals surface area (Å²) in [6, 6.07) is 1.91. The number of anilines is 1. The van der Waals surface area contributed by atoms with Crippen LogP contribution >= 0.6 is 11.8 Å². The highest BCUT2D eigenvalue weighted by Crippen LogP contribution is 2.28. The highest BCUT2D eigenvalue weighted by Gasteiger charge is 2.12. The van der Waals surface area contributed by atoms with Crippen molar-refractivity contribution in [3.05, 3.63) is 24.4 Å². The minimum Gasteiger partial charge on any atom is -0.377 e. The molecule has 0 aromatic carbocycles. The van der Waals surface area contributed by atoms with E-state index in [1.54, 1.807) is 19.3 Å². The van der Waals surface area contributed by atoms with Crippen molar-refractivity contribution >= 4 is 35.8 Å². The number of nitrogens with one attached hydrogen (secondary N) is 1. The molecule has 0 fully saturated rings. The SMILES string of the molecule is C=Cc1c(N(C)C)ccnc1SCC(=O)N(C)C=N. The van der Waals surface area contributed by atoms with Crippen LogP contribution in [0.3, 0.4) is 0 Å². The van der Waals surface area contributed by atoms with Gasteiger partial charge in [0.25, 0.3) is 0 Å². The van der Waals surface area contributed by atoms with E-state index >= 15 is 0 Å². The number of nitrogens with zero attached hydrogens (tertiary/aromatic N) is 3. The fourth-order valence-corrected chi connectivity index (χ4v) is 2.39. The Labute approximate surface area is 117 Å². The molecular weight excluding hydrogens is 260 g/mol. The zero-order valence-corrected chi connectivity index (χ0v) is 12.2. The number of aromatic nitrogens is 1. The summed E-state index contributed by atoms with van der Waals surface area (Å²) in [7, 11) is 5.46. The number of rotatable bonds is 6. The van der Waals surface area contributed by atoms with Crippen LogP contribution in [0, 0.1) is 5.41 Å². The van der Waals surface area contributed by atoms with Gasteiger partial charge in [0, 0.05) is 38.6 Å². The van der Waals surface area contributed by atoms with Gasteiger partial charge in [0.1, 0.15) is 5.03 Å². The lowest BCUT2D eigenvalue weighted by Gasteiger charge is -2.17. The summed E-state index contributed by atoms with van der Waals surface area (Å²) >= 11 is 1.35. The molecule has 1 rings (SSSR count). The second-order valence-corrected chi connectivity index (χ2v) is 5.03. The molecule has 102 valence electrons. The van der Waals surface area contributed by atoms with Crippen LogP contribution in [0.25, 0.3) is 6.08 Å². The van der Waals surface area contributed by atoms with Gasteiger partial charge in [-0.2, -0.15) is 0 Å². The van der Waals surface area contributed by atoms with Gasteiger partial charge in [-0.3, -0.25) is 10.2 Å². The van der Waals surface area contributed by atoms with E-state index < -0.39 is 0 Å². The molecule has 1 N–H and O–H groups in total. The van der Waals surface area contributed by atoms with Crippen molar-refractivity contribution in [2.24, 2.45) is 0 Å². The van der Waals surface area contributed by atoms with E-state index in [-0.39, 0.29) is 11.7 Å². The smallest absolute Gasteiger partial charge is 0.237 e. The van der Waals surface area contributed by atoms with Gasteiger partial charge in [-0.1, -0.05) is 24.4 Å². The molecule has 0 aliphatic rings. The van der Waals surface area contributed by atoms with Crippen molar-refractivity contribution in [3.63, 3.8) is 0 Å². The zero-order chi connectivity index (χ0) is 14.4. The summed E-state index contributed by atoms with van der Waals surface area (Å²) < 4.78 is 0. The topological polar surface area (TPSA) is 60.3 Å². The summed E-state index contributed by atoms with van der Waals surface area (Å²) in [5.74, 6) is 0.114. The predicted octanol–water partition coefficient (Wildman–Crippen LogP) is 1.95. The first-order chi connectivity index (χ1) is 9.01. The van der Waals surface area contributed by atoms with Crippen molar-refractivity contribution in [2.75, 3.05) is 31.8 Å². The molecule has 0 spiro atoms. The van der Waals surface area contributed by atoms with E-state index in [1.165, 1.54) is 16.7 Å². The molecule has 1 heterocycles. The maximum Gasteiger partial charge on any atom is 0.237 e. The normalized spacial score (nSPS) is 9.84. The first kappa shape index (κ1) is 15.2. The van der Waals surface area contributed by atoms with Gasteiger partial charge in [0.05, 0.1) is 12.1 Å².